The third kappa shape index (κ3) is 3.14. The topological polar surface area (TPSA) is 76.8 Å². The number of benzene rings is 2. The number of urea groups is 1. The van der Waals surface area contributed by atoms with Crippen LogP contribution in [0, 0.1) is 0 Å². The van der Waals surface area contributed by atoms with Crippen molar-refractivity contribution in [2.45, 2.75) is 13.0 Å². The molecule has 0 fully saturated rings. The Morgan fingerprint density at radius 3 is 2.85 bits per heavy atom. The molecular weight excluding hydrogens is 328 g/mol. The summed E-state index contributed by atoms with van der Waals surface area (Å²) in [4.78, 5) is 16.6. The lowest BCUT2D eigenvalue weighted by Crippen LogP contribution is -2.35. The van der Waals surface area contributed by atoms with E-state index in [0.29, 0.717) is 0 Å². The van der Waals surface area contributed by atoms with Gasteiger partial charge in [-0.1, -0.05) is 24.3 Å². The van der Waals surface area contributed by atoms with Gasteiger partial charge in [-0.15, -0.1) is 0 Å². The second-order valence-corrected chi connectivity index (χ2v) is 5.96. The van der Waals surface area contributed by atoms with Crippen LogP contribution in [0.15, 0.2) is 73.3 Å². The van der Waals surface area contributed by atoms with Gasteiger partial charge in [0.05, 0.1) is 22.8 Å². The van der Waals surface area contributed by atoms with Crippen LogP contribution in [-0.4, -0.2) is 25.5 Å². The van der Waals surface area contributed by atoms with E-state index in [9.17, 15) is 4.79 Å². The summed E-state index contributed by atoms with van der Waals surface area (Å²) in [7, 11) is 0. The lowest BCUT2D eigenvalue weighted by molar-refractivity contribution is 0.247. The van der Waals surface area contributed by atoms with Crippen molar-refractivity contribution < 1.29 is 4.79 Å². The molecule has 2 N–H and O–H groups in total. The Labute approximate surface area is 150 Å². The van der Waals surface area contributed by atoms with E-state index < -0.39 is 0 Å². The van der Waals surface area contributed by atoms with Gasteiger partial charge in [0.2, 0.25) is 0 Å². The number of nitrogens with one attached hydrogen (secondary N) is 2. The summed E-state index contributed by atoms with van der Waals surface area (Å²) in [6.07, 6.45) is 5.21. The minimum atomic E-state index is -0.301. The van der Waals surface area contributed by atoms with Crippen LogP contribution in [0.5, 0.6) is 0 Å². The average molecular weight is 346 g/mol. The maximum absolute atomic E-state index is 12.4. The van der Waals surface area contributed by atoms with E-state index in [-0.39, 0.29) is 12.1 Å². The highest BCUT2D eigenvalue weighted by atomic mass is 16.2. The quantitative estimate of drug-likeness (QED) is 0.595. The first kappa shape index (κ1) is 15.9. The summed E-state index contributed by atoms with van der Waals surface area (Å²) < 4.78 is 3.39. The number of amides is 2. The number of hydrogen-bond donors (Lipinski definition) is 2. The standard InChI is InChI=1S/C19H18N6O/c1-14(15-6-4-7-16(12-15)24-11-5-10-21-24)22-19(26)23-25-13-20-17-8-2-3-9-18(17)25/h2-14H,1H3,(H2,22,23,26)/t14-/m0/s1. The summed E-state index contributed by atoms with van der Waals surface area (Å²) in [5.74, 6) is 0. The van der Waals surface area contributed by atoms with Gasteiger partial charge in [0.25, 0.3) is 0 Å². The molecule has 0 saturated carbocycles. The number of nitrogens with zero attached hydrogens (tertiary/aromatic N) is 4. The van der Waals surface area contributed by atoms with Gasteiger partial charge in [0.1, 0.15) is 6.33 Å². The van der Waals surface area contributed by atoms with Gasteiger partial charge in [0.15, 0.2) is 0 Å². The molecule has 7 nitrogen and oxygen atoms in total. The van der Waals surface area contributed by atoms with E-state index in [1.165, 1.54) is 0 Å². The zero-order chi connectivity index (χ0) is 17.9. The average Bonchev–Trinajstić information content (AvgIpc) is 3.32. The van der Waals surface area contributed by atoms with Gasteiger partial charge in [-0.05, 0) is 42.8 Å². The molecular formula is C19H18N6O. The summed E-state index contributed by atoms with van der Waals surface area (Å²) in [6, 6.07) is 16.9. The lowest BCUT2D eigenvalue weighted by atomic mass is 10.1. The van der Waals surface area contributed by atoms with E-state index in [4.69, 9.17) is 0 Å². The summed E-state index contributed by atoms with van der Waals surface area (Å²) in [5.41, 5.74) is 6.40. The SMILES string of the molecule is C[C@H](NC(=O)Nn1cnc2ccccc21)c1cccc(-n2cccn2)c1. The van der Waals surface area contributed by atoms with Crippen molar-refractivity contribution in [1.29, 1.82) is 0 Å². The van der Waals surface area contributed by atoms with Gasteiger partial charge >= 0.3 is 6.03 Å². The van der Waals surface area contributed by atoms with E-state index in [1.807, 2.05) is 67.7 Å². The Bertz CT molecular complexity index is 1040. The predicted molar refractivity (Wildman–Crippen MR) is 99.6 cm³/mol. The number of carbonyl (C=O) groups is 1. The van der Waals surface area contributed by atoms with Crippen molar-refractivity contribution in [2.75, 3.05) is 5.43 Å². The van der Waals surface area contributed by atoms with Crippen LogP contribution in [0.2, 0.25) is 0 Å². The zero-order valence-electron chi connectivity index (χ0n) is 14.2. The van der Waals surface area contributed by atoms with Crippen LogP contribution in [0.25, 0.3) is 16.7 Å². The van der Waals surface area contributed by atoms with Crippen LogP contribution >= 0.6 is 0 Å². The van der Waals surface area contributed by atoms with Gasteiger partial charge in [0, 0.05) is 12.4 Å². The van der Waals surface area contributed by atoms with Gasteiger partial charge < -0.3 is 5.32 Å². The number of fused-ring (bicyclic) bond motifs is 1. The molecule has 2 amide bonds. The van der Waals surface area contributed by atoms with Gasteiger partial charge in [-0.25, -0.2) is 24.6 Å². The van der Waals surface area contributed by atoms with Crippen LogP contribution in [0.1, 0.15) is 18.5 Å². The van der Waals surface area contributed by atoms with Crippen molar-refractivity contribution in [3.05, 3.63) is 78.9 Å². The van der Waals surface area contributed by atoms with Gasteiger partial charge in [-0.2, -0.15) is 5.10 Å². The highest BCUT2D eigenvalue weighted by Gasteiger charge is 2.12. The molecule has 0 bridgehead atoms. The third-order valence-corrected chi connectivity index (χ3v) is 4.16. The molecule has 2 aromatic carbocycles. The second kappa shape index (κ2) is 6.72. The number of hydrogen-bond acceptors (Lipinski definition) is 3. The number of imidazole rings is 1. The third-order valence-electron chi connectivity index (χ3n) is 4.16. The molecule has 0 spiro atoms. The molecule has 0 saturated heterocycles. The fourth-order valence-electron chi connectivity index (χ4n) is 2.83. The molecule has 0 aliphatic rings. The largest absolute Gasteiger partial charge is 0.334 e. The molecule has 7 heteroatoms. The van der Waals surface area contributed by atoms with Gasteiger partial charge in [-0.3, -0.25) is 0 Å². The Kier molecular flexibility index (Phi) is 4.10. The first-order valence-corrected chi connectivity index (χ1v) is 8.30. The van der Waals surface area contributed by atoms with Crippen molar-refractivity contribution in [3.63, 3.8) is 0 Å². The Morgan fingerprint density at radius 1 is 1.12 bits per heavy atom. The van der Waals surface area contributed by atoms with Crippen LogP contribution < -0.4 is 10.7 Å². The highest BCUT2D eigenvalue weighted by Crippen LogP contribution is 2.16. The van der Waals surface area contributed by atoms with Crippen LogP contribution in [-0.2, 0) is 0 Å². The minimum Gasteiger partial charge on any atom is -0.330 e. The maximum atomic E-state index is 12.4. The maximum Gasteiger partial charge on any atom is 0.334 e. The fraction of sp³-hybridized carbons (Fsp3) is 0.105. The molecule has 2 aromatic heterocycles. The Balaban J connectivity index is 1.47. The van der Waals surface area contributed by atoms with E-state index >= 15 is 0 Å². The predicted octanol–water partition coefficient (Wildman–Crippen LogP) is 3.24. The highest BCUT2D eigenvalue weighted by molar-refractivity contribution is 5.85. The molecule has 0 radical (unpaired) electrons. The van der Waals surface area contributed by atoms with E-state index in [1.54, 1.807) is 21.9 Å². The minimum absolute atomic E-state index is 0.166. The second-order valence-electron chi connectivity index (χ2n) is 5.96. The lowest BCUT2D eigenvalue weighted by Gasteiger charge is -2.16. The summed E-state index contributed by atoms with van der Waals surface area (Å²) >= 11 is 0. The molecule has 2 heterocycles. The molecule has 130 valence electrons. The van der Waals surface area contributed by atoms with E-state index in [0.717, 1.165) is 22.3 Å². The van der Waals surface area contributed by atoms with Crippen LogP contribution in [0.4, 0.5) is 4.79 Å². The van der Waals surface area contributed by atoms with Crippen LogP contribution in [0.3, 0.4) is 0 Å². The Hall–Kier alpha value is -3.61. The molecule has 26 heavy (non-hydrogen) atoms. The number of para-hydroxylation sites is 2. The number of carbonyl (C=O) groups excluding carboxylic acids is 1. The van der Waals surface area contributed by atoms with E-state index in [2.05, 4.69) is 20.8 Å². The summed E-state index contributed by atoms with van der Waals surface area (Å²) in [6.45, 7) is 1.94. The normalized spacial score (nSPS) is 12.0. The van der Waals surface area contributed by atoms with Crippen molar-refractivity contribution >= 4 is 17.1 Å². The van der Waals surface area contributed by atoms with Crippen molar-refractivity contribution in [1.82, 2.24) is 24.8 Å². The molecule has 4 rings (SSSR count). The Morgan fingerprint density at radius 2 is 2.00 bits per heavy atom. The molecule has 0 unspecified atom stereocenters. The van der Waals surface area contributed by atoms with Crippen molar-refractivity contribution in [3.8, 4) is 5.69 Å². The molecule has 1 atom stereocenters. The molecule has 0 aliphatic carbocycles. The number of rotatable bonds is 4. The number of aromatic nitrogens is 4. The molecule has 0 aliphatic heterocycles. The first-order valence-electron chi connectivity index (χ1n) is 8.30. The van der Waals surface area contributed by atoms with Crippen molar-refractivity contribution in [2.24, 2.45) is 0 Å². The molecule has 4 aromatic rings. The summed E-state index contributed by atoms with van der Waals surface area (Å²) in [5, 5.41) is 7.18. The monoisotopic (exact) mass is 346 g/mol. The smallest absolute Gasteiger partial charge is 0.330 e. The zero-order valence-corrected chi connectivity index (χ0v) is 14.2. The fourth-order valence-corrected chi connectivity index (χ4v) is 2.83. The first-order chi connectivity index (χ1) is 12.7.